The standard InChI is InChI=1S/C22H20N2O5S/c1-13-9-15(19(24(28)29)12-20(13)26)11-22(27)23-18-6-4-3-5-17(18)21-8-7-16(30-21)10-14(2)25/h3-9,12,25-26H,2,10-11H2,1H3,(H,23,27). The van der Waals surface area contributed by atoms with Crippen LogP contribution in [0, 0.1) is 17.0 Å². The van der Waals surface area contributed by atoms with E-state index in [1.54, 1.807) is 19.1 Å². The minimum Gasteiger partial charge on any atom is -0.513 e. The average molecular weight is 424 g/mol. The number of hydrogen-bond acceptors (Lipinski definition) is 6. The number of carbonyl (C=O) groups is 1. The highest BCUT2D eigenvalue weighted by Gasteiger charge is 2.20. The molecule has 2 aromatic carbocycles. The Bertz CT molecular complexity index is 1140. The summed E-state index contributed by atoms with van der Waals surface area (Å²) >= 11 is 1.48. The van der Waals surface area contributed by atoms with Crippen LogP contribution in [-0.4, -0.2) is 21.0 Å². The lowest BCUT2D eigenvalue weighted by atomic mass is 10.0. The maximum atomic E-state index is 12.6. The Hall–Kier alpha value is -3.65. The van der Waals surface area contributed by atoms with E-state index in [0.717, 1.165) is 21.4 Å². The minimum atomic E-state index is -0.613. The van der Waals surface area contributed by atoms with Gasteiger partial charge in [0, 0.05) is 33.0 Å². The molecule has 0 aliphatic carbocycles. The Kier molecular flexibility index (Phi) is 6.17. The topological polar surface area (TPSA) is 113 Å². The summed E-state index contributed by atoms with van der Waals surface area (Å²) in [5.74, 6) is -0.512. The predicted molar refractivity (Wildman–Crippen MR) is 117 cm³/mol. The van der Waals surface area contributed by atoms with Crippen molar-refractivity contribution in [1.29, 1.82) is 0 Å². The molecule has 0 aliphatic heterocycles. The Morgan fingerprint density at radius 1 is 1.20 bits per heavy atom. The molecule has 0 fully saturated rings. The lowest BCUT2D eigenvalue weighted by molar-refractivity contribution is -0.385. The van der Waals surface area contributed by atoms with Crippen LogP contribution in [-0.2, 0) is 17.6 Å². The number of nitro groups is 1. The van der Waals surface area contributed by atoms with Gasteiger partial charge in [-0.05, 0) is 36.8 Å². The third-order valence-corrected chi connectivity index (χ3v) is 5.57. The first-order chi connectivity index (χ1) is 14.2. The number of phenolic OH excluding ortho intramolecular Hbond substituents is 1. The van der Waals surface area contributed by atoms with E-state index in [9.17, 15) is 25.1 Å². The summed E-state index contributed by atoms with van der Waals surface area (Å²) in [6, 6.07) is 13.6. The molecule has 1 amide bonds. The quantitative estimate of drug-likeness (QED) is 0.276. The zero-order valence-electron chi connectivity index (χ0n) is 16.2. The number of thiophene rings is 1. The number of carbonyl (C=O) groups excluding carboxylic acids is 1. The molecule has 1 heterocycles. The molecule has 0 aliphatic rings. The van der Waals surface area contributed by atoms with Gasteiger partial charge in [0.15, 0.2) is 0 Å². The second kappa shape index (κ2) is 8.79. The van der Waals surface area contributed by atoms with Crippen molar-refractivity contribution in [2.75, 3.05) is 5.32 Å². The number of amides is 1. The number of nitrogens with zero attached hydrogens (tertiary/aromatic N) is 1. The molecule has 0 unspecified atom stereocenters. The molecule has 7 nitrogen and oxygen atoms in total. The third-order valence-electron chi connectivity index (χ3n) is 4.45. The van der Waals surface area contributed by atoms with Crippen LogP contribution in [0.2, 0.25) is 0 Å². The van der Waals surface area contributed by atoms with Crippen LogP contribution in [0.5, 0.6) is 5.75 Å². The fraction of sp³-hybridized carbons (Fsp3) is 0.136. The van der Waals surface area contributed by atoms with E-state index < -0.39 is 10.8 Å². The molecule has 0 atom stereocenters. The van der Waals surface area contributed by atoms with Gasteiger partial charge in [-0.3, -0.25) is 14.9 Å². The number of benzene rings is 2. The molecular formula is C22H20N2O5S. The largest absolute Gasteiger partial charge is 0.513 e. The number of nitrogens with one attached hydrogen (secondary N) is 1. The van der Waals surface area contributed by atoms with Gasteiger partial charge in [0.1, 0.15) is 5.75 Å². The summed E-state index contributed by atoms with van der Waals surface area (Å²) in [6.07, 6.45) is 0.162. The number of nitro benzene ring substituents is 1. The van der Waals surface area contributed by atoms with Crippen molar-refractivity contribution in [3.8, 4) is 16.2 Å². The van der Waals surface area contributed by atoms with E-state index in [1.165, 1.54) is 17.4 Å². The molecule has 1 aromatic heterocycles. The van der Waals surface area contributed by atoms with Gasteiger partial charge in [0.05, 0.1) is 23.2 Å². The maximum Gasteiger partial charge on any atom is 0.276 e. The summed E-state index contributed by atoms with van der Waals surface area (Å²) in [4.78, 5) is 25.2. The number of aliphatic hydroxyl groups excluding tert-OH is 1. The van der Waals surface area contributed by atoms with E-state index in [4.69, 9.17) is 0 Å². The van der Waals surface area contributed by atoms with E-state index in [2.05, 4.69) is 11.9 Å². The number of aryl methyl sites for hydroxylation is 1. The number of aromatic hydroxyl groups is 1. The highest BCUT2D eigenvalue weighted by Crippen LogP contribution is 2.34. The number of rotatable bonds is 7. The molecule has 30 heavy (non-hydrogen) atoms. The second-order valence-corrected chi connectivity index (χ2v) is 7.97. The lowest BCUT2D eigenvalue weighted by Crippen LogP contribution is -2.16. The molecule has 0 spiro atoms. The number of para-hydroxylation sites is 1. The number of anilines is 1. The molecule has 154 valence electrons. The first-order valence-corrected chi connectivity index (χ1v) is 9.88. The van der Waals surface area contributed by atoms with Gasteiger partial charge >= 0.3 is 0 Å². The van der Waals surface area contributed by atoms with Gasteiger partial charge in [0.2, 0.25) is 5.91 Å². The van der Waals surface area contributed by atoms with E-state index in [1.807, 2.05) is 24.3 Å². The van der Waals surface area contributed by atoms with Crippen molar-refractivity contribution >= 4 is 28.6 Å². The van der Waals surface area contributed by atoms with Gasteiger partial charge in [0.25, 0.3) is 5.69 Å². The van der Waals surface area contributed by atoms with Crippen LogP contribution < -0.4 is 5.32 Å². The van der Waals surface area contributed by atoms with Crippen molar-refractivity contribution in [3.63, 3.8) is 0 Å². The summed E-state index contributed by atoms with van der Waals surface area (Å²) < 4.78 is 0. The van der Waals surface area contributed by atoms with Gasteiger partial charge in [-0.2, -0.15) is 0 Å². The highest BCUT2D eigenvalue weighted by molar-refractivity contribution is 7.15. The maximum absolute atomic E-state index is 12.6. The normalized spacial score (nSPS) is 10.6. The van der Waals surface area contributed by atoms with Crippen LogP contribution >= 0.6 is 11.3 Å². The molecule has 3 rings (SSSR count). The molecule has 0 bridgehead atoms. The summed E-state index contributed by atoms with van der Waals surface area (Å²) in [5.41, 5.74) is 1.78. The first kappa shape index (κ1) is 21.1. The molecule has 3 aromatic rings. The van der Waals surface area contributed by atoms with Crippen molar-refractivity contribution in [2.24, 2.45) is 0 Å². The van der Waals surface area contributed by atoms with Gasteiger partial charge < -0.3 is 15.5 Å². The zero-order chi connectivity index (χ0) is 21.8. The van der Waals surface area contributed by atoms with E-state index >= 15 is 0 Å². The van der Waals surface area contributed by atoms with Crippen LogP contribution in [0.1, 0.15) is 16.0 Å². The number of hydrogen-bond donors (Lipinski definition) is 3. The van der Waals surface area contributed by atoms with Crippen LogP contribution in [0.25, 0.3) is 10.4 Å². The molecular weight excluding hydrogens is 404 g/mol. The molecule has 0 saturated heterocycles. The third kappa shape index (κ3) is 4.84. The monoisotopic (exact) mass is 424 g/mol. The Morgan fingerprint density at radius 2 is 1.93 bits per heavy atom. The van der Waals surface area contributed by atoms with Gasteiger partial charge in [-0.1, -0.05) is 24.8 Å². The number of allylic oxidation sites excluding steroid dienone is 1. The molecule has 8 heteroatoms. The van der Waals surface area contributed by atoms with Crippen LogP contribution in [0.4, 0.5) is 11.4 Å². The molecule has 0 saturated carbocycles. The van der Waals surface area contributed by atoms with Gasteiger partial charge in [-0.15, -0.1) is 11.3 Å². The Labute approximate surface area is 177 Å². The van der Waals surface area contributed by atoms with E-state index in [0.29, 0.717) is 17.7 Å². The van der Waals surface area contributed by atoms with Crippen molar-refractivity contribution in [2.45, 2.75) is 19.8 Å². The van der Waals surface area contributed by atoms with Crippen molar-refractivity contribution in [1.82, 2.24) is 0 Å². The van der Waals surface area contributed by atoms with Crippen molar-refractivity contribution < 1.29 is 19.9 Å². The van der Waals surface area contributed by atoms with Crippen LogP contribution in [0.15, 0.2) is 60.9 Å². The highest BCUT2D eigenvalue weighted by atomic mass is 32.1. The van der Waals surface area contributed by atoms with E-state index in [-0.39, 0.29) is 29.2 Å². The summed E-state index contributed by atoms with van der Waals surface area (Å²) in [6.45, 7) is 5.12. The number of aliphatic hydroxyl groups is 1. The minimum absolute atomic E-state index is 0.0794. The SMILES string of the molecule is C=C(O)Cc1ccc(-c2ccccc2NC(=O)Cc2cc(C)c(O)cc2[N+](=O)[O-])s1. The smallest absolute Gasteiger partial charge is 0.276 e. The van der Waals surface area contributed by atoms with Crippen LogP contribution in [0.3, 0.4) is 0 Å². The predicted octanol–water partition coefficient (Wildman–Crippen LogP) is 5.13. The lowest BCUT2D eigenvalue weighted by Gasteiger charge is -2.11. The Balaban J connectivity index is 1.84. The number of phenols is 1. The second-order valence-electron chi connectivity index (χ2n) is 6.80. The Morgan fingerprint density at radius 3 is 2.63 bits per heavy atom. The molecule has 0 radical (unpaired) electrons. The summed E-state index contributed by atoms with van der Waals surface area (Å²) in [5, 5.41) is 33.2. The van der Waals surface area contributed by atoms with Gasteiger partial charge in [-0.25, -0.2) is 0 Å². The zero-order valence-corrected chi connectivity index (χ0v) is 17.0. The molecule has 3 N–H and O–H groups in total. The fourth-order valence-electron chi connectivity index (χ4n) is 3.05. The summed E-state index contributed by atoms with van der Waals surface area (Å²) in [7, 11) is 0. The van der Waals surface area contributed by atoms with Crippen molar-refractivity contribution in [3.05, 3.63) is 87.0 Å². The fourth-order valence-corrected chi connectivity index (χ4v) is 4.13. The average Bonchev–Trinajstić information content (AvgIpc) is 3.12. The first-order valence-electron chi connectivity index (χ1n) is 9.06.